The molecule has 4 heteroatoms. The van der Waals surface area contributed by atoms with E-state index < -0.39 is 7.12 Å². The van der Waals surface area contributed by atoms with E-state index in [2.05, 4.69) is 29.2 Å². The first kappa shape index (κ1) is 18.0. The number of rotatable bonds is 6. The lowest BCUT2D eigenvalue weighted by molar-refractivity contribution is 0.351. The van der Waals surface area contributed by atoms with Crippen LogP contribution >= 0.6 is 0 Å². The molecule has 0 unspecified atom stereocenters. The first-order valence-electron chi connectivity index (χ1n) is 8.08. The molecule has 0 aliphatic heterocycles. The summed E-state index contributed by atoms with van der Waals surface area (Å²) in [6.07, 6.45) is 3.52. The van der Waals surface area contributed by atoms with Crippen LogP contribution in [0.4, 0.5) is 0 Å². The predicted molar refractivity (Wildman–Crippen MR) is 100 cm³/mol. The summed E-state index contributed by atoms with van der Waals surface area (Å²) >= 11 is 0. The highest BCUT2D eigenvalue weighted by Gasteiger charge is 2.20. The molecule has 2 N–H and O–H groups in total. The maximum absolute atomic E-state index is 9.44. The first-order chi connectivity index (χ1) is 11.5. The van der Waals surface area contributed by atoms with E-state index in [-0.39, 0.29) is 6.04 Å². The van der Waals surface area contributed by atoms with Crippen molar-refractivity contribution in [2.45, 2.75) is 19.9 Å². The summed E-state index contributed by atoms with van der Waals surface area (Å²) in [4.78, 5) is 2.15. The summed E-state index contributed by atoms with van der Waals surface area (Å²) in [5, 5.41) is 18.9. The van der Waals surface area contributed by atoms with Gasteiger partial charge in [0.25, 0.3) is 0 Å². The number of hydrogen-bond acceptors (Lipinski definition) is 3. The Morgan fingerprint density at radius 2 is 1.42 bits per heavy atom. The van der Waals surface area contributed by atoms with Crippen LogP contribution in [0.5, 0.6) is 0 Å². The molecule has 0 spiro atoms. The Morgan fingerprint density at radius 1 is 0.958 bits per heavy atom. The van der Waals surface area contributed by atoms with Crippen LogP contribution in [0.1, 0.15) is 31.0 Å². The molecule has 2 aromatic rings. The van der Waals surface area contributed by atoms with Gasteiger partial charge in [0.2, 0.25) is 0 Å². The van der Waals surface area contributed by atoms with Crippen LogP contribution in [0, 0.1) is 0 Å². The van der Waals surface area contributed by atoms with E-state index in [1.165, 1.54) is 11.1 Å². The summed E-state index contributed by atoms with van der Waals surface area (Å²) in [6, 6.07) is 20.6. The summed E-state index contributed by atoms with van der Waals surface area (Å²) in [7, 11) is 0.554. The smallest absolute Gasteiger partial charge is 0.423 e. The summed E-state index contributed by atoms with van der Waals surface area (Å²) in [5.41, 5.74) is 3.81. The first-order valence-corrected chi connectivity index (χ1v) is 8.08. The molecule has 3 nitrogen and oxygen atoms in total. The Balaban J connectivity index is 2.42. The van der Waals surface area contributed by atoms with Gasteiger partial charge >= 0.3 is 7.12 Å². The zero-order valence-electron chi connectivity index (χ0n) is 14.4. The van der Waals surface area contributed by atoms with Crippen LogP contribution in [0.25, 0.3) is 0 Å². The standard InChI is InChI=1S/C20H24BNO2/c1-4-19(21(23)24)15-16(2)22(3)20(17-11-7-5-8-12-17)18-13-9-6-10-14-18/h4-15,20,23-24H,1-3H3/b16-15+,19-4+. The molecule has 0 fully saturated rings. The third kappa shape index (κ3) is 4.37. The predicted octanol–water partition coefficient (Wildman–Crippen LogP) is 3.57. The molecule has 0 atom stereocenters. The van der Waals surface area contributed by atoms with Gasteiger partial charge in [-0.2, -0.15) is 0 Å². The Morgan fingerprint density at radius 3 is 1.79 bits per heavy atom. The Kier molecular flexibility index (Phi) is 6.41. The van der Waals surface area contributed by atoms with Gasteiger partial charge in [-0.05, 0) is 36.5 Å². The lowest BCUT2D eigenvalue weighted by Crippen LogP contribution is -2.25. The fraction of sp³-hybridized carbons (Fsp3) is 0.200. The zero-order chi connectivity index (χ0) is 17.5. The van der Waals surface area contributed by atoms with Gasteiger partial charge in [-0.1, -0.05) is 66.7 Å². The Bertz CT molecular complexity index is 657. The molecule has 24 heavy (non-hydrogen) atoms. The van der Waals surface area contributed by atoms with Gasteiger partial charge in [-0.15, -0.1) is 0 Å². The molecule has 0 aromatic heterocycles. The van der Waals surface area contributed by atoms with Crippen molar-refractivity contribution in [2.24, 2.45) is 0 Å². The van der Waals surface area contributed by atoms with Gasteiger partial charge in [0.15, 0.2) is 0 Å². The second-order valence-corrected chi connectivity index (χ2v) is 5.78. The second-order valence-electron chi connectivity index (χ2n) is 5.78. The Hall–Kier alpha value is -2.30. The molecule has 124 valence electrons. The summed E-state index contributed by atoms with van der Waals surface area (Å²) < 4.78 is 0. The van der Waals surface area contributed by atoms with Gasteiger partial charge in [0, 0.05) is 12.7 Å². The largest absolute Gasteiger partial charge is 0.488 e. The van der Waals surface area contributed by atoms with E-state index in [4.69, 9.17) is 0 Å². The van der Waals surface area contributed by atoms with E-state index in [9.17, 15) is 10.0 Å². The number of hydrogen-bond donors (Lipinski definition) is 2. The highest BCUT2D eigenvalue weighted by molar-refractivity contribution is 6.51. The van der Waals surface area contributed by atoms with Crippen LogP contribution in [-0.2, 0) is 0 Å². The lowest BCUT2D eigenvalue weighted by Gasteiger charge is -2.32. The van der Waals surface area contributed by atoms with Crippen LogP contribution in [0.15, 0.2) is 84.0 Å². The SMILES string of the molecule is C/C=C(\C=C(/C)N(C)C(c1ccccc1)c1ccccc1)B(O)O. The molecule has 2 rings (SSSR count). The van der Waals surface area contributed by atoms with Gasteiger partial charge < -0.3 is 14.9 Å². The molecule has 0 saturated heterocycles. The molecule has 0 radical (unpaired) electrons. The highest BCUT2D eigenvalue weighted by atomic mass is 16.4. The van der Waals surface area contributed by atoms with Crippen LogP contribution in [-0.4, -0.2) is 29.1 Å². The van der Waals surface area contributed by atoms with Crippen LogP contribution in [0.2, 0.25) is 0 Å². The minimum Gasteiger partial charge on any atom is -0.423 e. The van der Waals surface area contributed by atoms with Crippen molar-refractivity contribution < 1.29 is 10.0 Å². The number of benzene rings is 2. The fourth-order valence-electron chi connectivity index (χ4n) is 2.76. The van der Waals surface area contributed by atoms with Gasteiger partial charge in [-0.25, -0.2) is 0 Å². The molecule has 0 amide bonds. The molecule has 0 aliphatic carbocycles. The third-order valence-electron chi connectivity index (χ3n) is 4.18. The van der Waals surface area contributed by atoms with Crippen molar-refractivity contribution in [1.82, 2.24) is 4.90 Å². The van der Waals surface area contributed by atoms with Crippen molar-refractivity contribution in [3.8, 4) is 0 Å². The average Bonchev–Trinajstić information content (AvgIpc) is 2.61. The fourth-order valence-corrected chi connectivity index (χ4v) is 2.76. The minimum atomic E-state index is -1.47. The van der Waals surface area contributed by atoms with Crippen molar-refractivity contribution in [3.05, 3.63) is 95.1 Å². The van der Waals surface area contributed by atoms with Gasteiger partial charge in [-0.3, -0.25) is 0 Å². The molecule has 0 saturated carbocycles. The van der Waals surface area contributed by atoms with Crippen molar-refractivity contribution in [2.75, 3.05) is 7.05 Å². The van der Waals surface area contributed by atoms with Gasteiger partial charge in [0.1, 0.15) is 0 Å². The molecule has 0 heterocycles. The molecule has 0 bridgehead atoms. The van der Waals surface area contributed by atoms with E-state index in [0.717, 1.165) is 5.70 Å². The average molecular weight is 321 g/mol. The number of nitrogens with zero attached hydrogens (tertiary/aromatic N) is 1. The topological polar surface area (TPSA) is 43.7 Å². The van der Waals surface area contributed by atoms with Crippen molar-refractivity contribution >= 4 is 7.12 Å². The summed E-state index contributed by atoms with van der Waals surface area (Å²) in [6.45, 7) is 3.77. The summed E-state index contributed by atoms with van der Waals surface area (Å²) in [5.74, 6) is 0. The maximum atomic E-state index is 9.44. The lowest BCUT2D eigenvalue weighted by atomic mass is 9.78. The van der Waals surface area contributed by atoms with Crippen LogP contribution in [0.3, 0.4) is 0 Å². The highest BCUT2D eigenvalue weighted by Crippen LogP contribution is 2.30. The Labute approximate surface area is 144 Å². The molecule has 2 aromatic carbocycles. The van der Waals surface area contributed by atoms with E-state index in [0.29, 0.717) is 5.47 Å². The quantitative estimate of drug-likeness (QED) is 0.631. The zero-order valence-corrected chi connectivity index (χ0v) is 14.4. The van der Waals surface area contributed by atoms with Crippen LogP contribution < -0.4 is 0 Å². The second kappa shape index (κ2) is 8.53. The van der Waals surface area contributed by atoms with Crippen molar-refractivity contribution in [1.29, 1.82) is 0 Å². The number of allylic oxidation sites excluding steroid dienone is 4. The minimum absolute atomic E-state index is 0.0533. The maximum Gasteiger partial charge on any atom is 0.488 e. The normalized spacial score (nSPS) is 12.4. The van der Waals surface area contributed by atoms with E-state index >= 15 is 0 Å². The molecule has 0 aliphatic rings. The van der Waals surface area contributed by atoms with E-state index in [1.807, 2.05) is 56.4 Å². The third-order valence-corrected chi connectivity index (χ3v) is 4.18. The van der Waals surface area contributed by atoms with Crippen molar-refractivity contribution in [3.63, 3.8) is 0 Å². The monoisotopic (exact) mass is 321 g/mol. The van der Waals surface area contributed by atoms with E-state index in [1.54, 1.807) is 13.0 Å². The molecular weight excluding hydrogens is 297 g/mol. The molecular formula is C20H24BNO2. The van der Waals surface area contributed by atoms with Gasteiger partial charge in [0.05, 0.1) is 6.04 Å².